The number of nitrogens with one attached hydrogen (secondary N) is 1. The van der Waals surface area contributed by atoms with Crippen molar-refractivity contribution in [3.63, 3.8) is 0 Å². The first-order valence-electron chi connectivity index (χ1n) is 5.33. The molecule has 104 valence electrons. The van der Waals surface area contributed by atoms with Gasteiger partial charge in [-0.25, -0.2) is 18.7 Å². The highest BCUT2D eigenvalue weighted by molar-refractivity contribution is 7.99. The summed E-state index contributed by atoms with van der Waals surface area (Å²) >= 11 is 0.856. The Morgan fingerprint density at radius 3 is 2.65 bits per heavy atom. The lowest BCUT2D eigenvalue weighted by atomic mass is 10.3. The summed E-state index contributed by atoms with van der Waals surface area (Å²) in [5.74, 6) is -1.96. The molecule has 0 bridgehead atoms. The van der Waals surface area contributed by atoms with Crippen LogP contribution in [-0.2, 0) is 0 Å². The number of hydrogen-bond donors (Lipinski definition) is 1. The first-order chi connectivity index (χ1) is 9.52. The molecule has 6 nitrogen and oxygen atoms in total. The summed E-state index contributed by atoms with van der Waals surface area (Å²) < 4.78 is 26.0. The first-order valence-corrected chi connectivity index (χ1v) is 6.14. The van der Waals surface area contributed by atoms with E-state index in [-0.39, 0.29) is 16.5 Å². The van der Waals surface area contributed by atoms with Gasteiger partial charge in [0.1, 0.15) is 6.33 Å². The molecule has 0 radical (unpaired) electrons. The zero-order chi connectivity index (χ0) is 14.7. The predicted octanol–water partition coefficient (Wildman–Crippen LogP) is 2.86. The lowest BCUT2D eigenvalue weighted by Crippen LogP contribution is -2.02. The monoisotopic (exact) mass is 298 g/mol. The van der Waals surface area contributed by atoms with E-state index in [1.54, 1.807) is 0 Å². The van der Waals surface area contributed by atoms with Crippen molar-refractivity contribution in [2.45, 2.75) is 9.92 Å². The number of hydrogen-bond acceptors (Lipinski definition) is 6. The number of aromatic nitrogens is 2. The van der Waals surface area contributed by atoms with Crippen molar-refractivity contribution in [1.29, 1.82) is 0 Å². The van der Waals surface area contributed by atoms with Crippen LogP contribution < -0.4 is 5.32 Å². The first kappa shape index (κ1) is 14.1. The Morgan fingerprint density at radius 2 is 2.05 bits per heavy atom. The van der Waals surface area contributed by atoms with Crippen molar-refractivity contribution in [2.75, 3.05) is 12.4 Å². The molecular weight excluding hydrogens is 290 g/mol. The fourth-order valence-electron chi connectivity index (χ4n) is 1.44. The molecule has 0 unspecified atom stereocenters. The van der Waals surface area contributed by atoms with Crippen molar-refractivity contribution in [2.24, 2.45) is 0 Å². The fourth-order valence-corrected chi connectivity index (χ4v) is 2.33. The van der Waals surface area contributed by atoms with Gasteiger partial charge in [0.05, 0.1) is 4.92 Å². The molecular formula is C11H8F2N4O2S. The van der Waals surface area contributed by atoms with E-state index in [4.69, 9.17) is 0 Å². The van der Waals surface area contributed by atoms with E-state index in [2.05, 4.69) is 15.3 Å². The number of nitrogens with zero attached hydrogens (tertiary/aromatic N) is 3. The highest BCUT2D eigenvalue weighted by atomic mass is 32.2. The smallest absolute Gasteiger partial charge is 0.343 e. The number of anilines is 1. The molecule has 0 spiro atoms. The van der Waals surface area contributed by atoms with Crippen LogP contribution in [0.5, 0.6) is 0 Å². The van der Waals surface area contributed by atoms with Gasteiger partial charge in [-0.1, -0.05) is 11.8 Å². The molecule has 2 rings (SSSR count). The summed E-state index contributed by atoms with van der Waals surface area (Å²) in [7, 11) is 1.49. The van der Waals surface area contributed by atoms with Gasteiger partial charge in [-0.2, -0.15) is 0 Å². The Labute approximate surface area is 116 Å². The van der Waals surface area contributed by atoms with E-state index in [9.17, 15) is 18.9 Å². The number of halogens is 2. The normalized spacial score (nSPS) is 10.3. The minimum absolute atomic E-state index is 0.0420. The van der Waals surface area contributed by atoms with E-state index in [0.717, 1.165) is 30.2 Å². The molecule has 1 aromatic heterocycles. The van der Waals surface area contributed by atoms with Crippen molar-refractivity contribution in [3.8, 4) is 0 Å². The molecule has 0 atom stereocenters. The van der Waals surface area contributed by atoms with Gasteiger partial charge in [0, 0.05) is 11.9 Å². The molecule has 9 heteroatoms. The van der Waals surface area contributed by atoms with Crippen molar-refractivity contribution >= 4 is 23.3 Å². The van der Waals surface area contributed by atoms with Crippen LogP contribution in [0.2, 0.25) is 0 Å². The minimum atomic E-state index is -1.03. The number of rotatable bonds is 4. The van der Waals surface area contributed by atoms with Gasteiger partial charge in [-0.15, -0.1) is 0 Å². The maximum Gasteiger partial charge on any atom is 0.343 e. The second-order valence-electron chi connectivity index (χ2n) is 3.56. The highest BCUT2D eigenvalue weighted by Crippen LogP contribution is 2.36. The van der Waals surface area contributed by atoms with Crippen molar-refractivity contribution < 1.29 is 13.7 Å². The van der Waals surface area contributed by atoms with Gasteiger partial charge < -0.3 is 5.32 Å². The SMILES string of the molecule is CNc1ncnc(Sc2ccc(F)c(F)c2)c1[N+](=O)[O-]. The van der Waals surface area contributed by atoms with Crippen molar-refractivity contribution in [1.82, 2.24) is 9.97 Å². The van der Waals surface area contributed by atoms with Crippen LogP contribution in [0.3, 0.4) is 0 Å². The standard InChI is InChI=1S/C11H8F2N4O2S/c1-14-10-9(17(18)19)11(16-5-15-10)20-6-2-3-7(12)8(13)4-6/h2-5H,1H3,(H,14,15,16). The third-order valence-electron chi connectivity index (χ3n) is 2.31. The second kappa shape index (κ2) is 5.78. The van der Waals surface area contributed by atoms with E-state index < -0.39 is 16.6 Å². The molecule has 0 fully saturated rings. The third-order valence-corrected chi connectivity index (χ3v) is 3.30. The molecule has 1 N–H and O–H groups in total. The maximum absolute atomic E-state index is 13.1. The number of nitro groups is 1. The molecule has 0 aliphatic rings. The quantitative estimate of drug-likeness (QED) is 0.531. The molecule has 1 aromatic carbocycles. The molecule has 2 aromatic rings. The van der Waals surface area contributed by atoms with Crippen LogP contribution >= 0.6 is 11.8 Å². The molecule has 0 amide bonds. The lowest BCUT2D eigenvalue weighted by molar-refractivity contribution is -0.387. The predicted molar refractivity (Wildman–Crippen MR) is 68.7 cm³/mol. The van der Waals surface area contributed by atoms with Gasteiger partial charge in [0.25, 0.3) is 0 Å². The lowest BCUT2D eigenvalue weighted by Gasteiger charge is -2.05. The van der Waals surface area contributed by atoms with Crippen LogP contribution in [0.1, 0.15) is 0 Å². The van der Waals surface area contributed by atoms with E-state index in [0.29, 0.717) is 4.90 Å². The van der Waals surface area contributed by atoms with Crippen LogP contribution in [0.15, 0.2) is 34.4 Å². The minimum Gasteiger partial charge on any atom is -0.367 e. The molecule has 0 saturated carbocycles. The molecule has 0 aliphatic carbocycles. The Hall–Kier alpha value is -2.29. The molecule has 20 heavy (non-hydrogen) atoms. The Balaban J connectivity index is 2.42. The van der Waals surface area contributed by atoms with Crippen LogP contribution in [0.25, 0.3) is 0 Å². The van der Waals surface area contributed by atoms with Gasteiger partial charge in [-0.3, -0.25) is 10.1 Å². The average Bonchev–Trinajstić information content (AvgIpc) is 2.42. The Morgan fingerprint density at radius 1 is 1.30 bits per heavy atom. The highest BCUT2D eigenvalue weighted by Gasteiger charge is 2.23. The Bertz CT molecular complexity index is 669. The van der Waals surface area contributed by atoms with Gasteiger partial charge in [0.2, 0.25) is 5.82 Å². The van der Waals surface area contributed by atoms with Gasteiger partial charge >= 0.3 is 5.69 Å². The van der Waals surface area contributed by atoms with Crippen LogP contribution in [-0.4, -0.2) is 21.9 Å². The summed E-state index contributed by atoms with van der Waals surface area (Å²) in [6.07, 6.45) is 1.15. The molecule has 0 saturated heterocycles. The van der Waals surface area contributed by atoms with Crippen LogP contribution in [0.4, 0.5) is 20.3 Å². The summed E-state index contributed by atoms with van der Waals surface area (Å²) in [6, 6.07) is 3.21. The zero-order valence-corrected chi connectivity index (χ0v) is 10.9. The molecule has 0 aliphatic heterocycles. The van der Waals surface area contributed by atoms with Gasteiger partial charge in [-0.05, 0) is 18.2 Å². The van der Waals surface area contributed by atoms with Gasteiger partial charge in [0.15, 0.2) is 16.7 Å². The second-order valence-corrected chi connectivity index (χ2v) is 4.62. The van der Waals surface area contributed by atoms with E-state index in [1.165, 1.54) is 13.1 Å². The van der Waals surface area contributed by atoms with E-state index >= 15 is 0 Å². The topological polar surface area (TPSA) is 81.0 Å². The summed E-state index contributed by atoms with van der Waals surface area (Å²) in [4.78, 5) is 18.3. The summed E-state index contributed by atoms with van der Waals surface area (Å²) in [5, 5.41) is 13.7. The summed E-state index contributed by atoms with van der Waals surface area (Å²) in [6.45, 7) is 0. The zero-order valence-electron chi connectivity index (χ0n) is 10.1. The Kier molecular flexibility index (Phi) is 4.08. The maximum atomic E-state index is 13.1. The van der Waals surface area contributed by atoms with Crippen LogP contribution in [0, 0.1) is 21.7 Å². The third kappa shape index (κ3) is 2.82. The largest absolute Gasteiger partial charge is 0.367 e. The number of benzene rings is 1. The average molecular weight is 298 g/mol. The van der Waals surface area contributed by atoms with E-state index in [1.807, 2.05) is 0 Å². The summed E-state index contributed by atoms with van der Waals surface area (Å²) in [5.41, 5.74) is -0.315. The molecule has 1 heterocycles. The van der Waals surface area contributed by atoms with Crippen molar-refractivity contribution in [3.05, 3.63) is 46.3 Å². The fraction of sp³-hybridized carbons (Fsp3) is 0.0909.